The Labute approximate surface area is 362 Å². The molecule has 3 aromatic heterocycles. The number of benzene rings is 8. The first kappa shape index (κ1) is 37.6. The standard InChI is InChI=1S/C58H50N2S/c1-5-6-31-58(3,4)37-38(2)39-15-13-17-44(32-39)60-54-24-12-9-21-48(54)49-34-41(25-28-55(49)60)43-27-30-57-51(36-43)50-35-42(26-29-56(50)61-57)40-16-14-18-45(33-40)59-52-22-10-7-19-46(52)47-20-8-11-23-53(47)59/h7-30,32-36,38H,5-6,31,37H2,1-4H3. The number of hydrogen-bond donors (Lipinski definition) is 0. The zero-order valence-corrected chi connectivity index (χ0v) is 36.3. The maximum atomic E-state index is 2.47. The van der Waals surface area contributed by atoms with Crippen LogP contribution < -0.4 is 0 Å². The number of fused-ring (bicyclic) bond motifs is 9. The van der Waals surface area contributed by atoms with Gasteiger partial charge in [0.1, 0.15) is 0 Å². The summed E-state index contributed by atoms with van der Waals surface area (Å²) in [7, 11) is 0. The first-order valence-corrected chi connectivity index (χ1v) is 22.8. The zero-order valence-electron chi connectivity index (χ0n) is 35.5. The fraction of sp³-hybridized carbons (Fsp3) is 0.172. The quantitative estimate of drug-likeness (QED) is 0.130. The van der Waals surface area contributed by atoms with Crippen molar-refractivity contribution in [2.24, 2.45) is 5.41 Å². The molecule has 298 valence electrons. The van der Waals surface area contributed by atoms with Gasteiger partial charge in [0.05, 0.1) is 22.1 Å². The van der Waals surface area contributed by atoms with Crippen LogP contribution in [0, 0.1) is 5.41 Å². The predicted octanol–water partition coefficient (Wildman–Crippen LogP) is 17.3. The molecule has 3 heterocycles. The first-order chi connectivity index (χ1) is 29.8. The van der Waals surface area contributed by atoms with Crippen LogP contribution in [-0.2, 0) is 0 Å². The van der Waals surface area contributed by atoms with E-state index >= 15 is 0 Å². The second kappa shape index (κ2) is 14.9. The predicted molar refractivity (Wildman–Crippen MR) is 265 cm³/mol. The third-order valence-corrected chi connectivity index (χ3v) is 14.4. The van der Waals surface area contributed by atoms with Crippen molar-refractivity contribution in [3.05, 3.63) is 181 Å². The third-order valence-electron chi connectivity index (χ3n) is 13.3. The molecular weight excluding hydrogens is 757 g/mol. The Balaban J connectivity index is 0.966. The van der Waals surface area contributed by atoms with Crippen molar-refractivity contribution in [1.82, 2.24) is 9.13 Å². The molecule has 1 unspecified atom stereocenters. The van der Waals surface area contributed by atoms with E-state index in [0.717, 1.165) is 0 Å². The highest BCUT2D eigenvalue weighted by Gasteiger charge is 2.22. The molecular formula is C58H50N2S. The van der Waals surface area contributed by atoms with Gasteiger partial charge in [0.25, 0.3) is 0 Å². The molecule has 3 heteroatoms. The van der Waals surface area contributed by atoms with Gasteiger partial charge < -0.3 is 9.13 Å². The summed E-state index contributed by atoms with van der Waals surface area (Å²) in [6.07, 6.45) is 5.02. The van der Waals surface area contributed by atoms with Crippen molar-refractivity contribution < 1.29 is 0 Å². The summed E-state index contributed by atoms with van der Waals surface area (Å²) < 4.78 is 7.51. The number of rotatable bonds is 10. The van der Waals surface area contributed by atoms with Crippen molar-refractivity contribution in [2.45, 2.75) is 59.3 Å². The van der Waals surface area contributed by atoms with Gasteiger partial charge in [-0.1, -0.05) is 138 Å². The number of para-hydroxylation sites is 3. The molecule has 0 N–H and O–H groups in total. The highest BCUT2D eigenvalue weighted by Crippen LogP contribution is 2.42. The minimum absolute atomic E-state index is 0.330. The lowest BCUT2D eigenvalue weighted by molar-refractivity contribution is 0.278. The Morgan fingerprint density at radius 1 is 0.459 bits per heavy atom. The van der Waals surface area contributed by atoms with Crippen molar-refractivity contribution >= 4 is 75.1 Å². The summed E-state index contributed by atoms with van der Waals surface area (Å²) >= 11 is 1.88. The van der Waals surface area contributed by atoms with Gasteiger partial charge >= 0.3 is 0 Å². The van der Waals surface area contributed by atoms with Gasteiger partial charge in [-0.15, -0.1) is 11.3 Å². The maximum Gasteiger partial charge on any atom is 0.0541 e. The van der Waals surface area contributed by atoms with Gasteiger partial charge in [-0.2, -0.15) is 0 Å². The zero-order chi connectivity index (χ0) is 41.2. The summed E-state index contributed by atoms with van der Waals surface area (Å²) in [6.45, 7) is 9.59. The molecule has 0 aliphatic heterocycles. The highest BCUT2D eigenvalue weighted by molar-refractivity contribution is 7.25. The molecule has 61 heavy (non-hydrogen) atoms. The molecule has 0 radical (unpaired) electrons. The molecule has 0 amide bonds. The average molecular weight is 807 g/mol. The van der Waals surface area contributed by atoms with Gasteiger partial charge in [-0.05, 0) is 131 Å². The molecule has 0 saturated carbocycles. The van der Waals surface area contributed by atoms with Gasteiger partial charge in [-0.3, -0.25) is 0 Å². The SMILES string of the molecule is CCCCC(C)(C)CC(C)c1cccc(-n2c3ccccc3c3cc(-c4ccc5sc6ccc(-c7cccc(-n8c9ccccc9c9ccccc98)c7)cc6c5c4)ccc32)c1. The summed E-state index contributed by atoms with van der Waals surface area (Å²) in [4.78, 5) is 0. The fourth-order valence-electron chi connectivity index (χ4n) is 10.3. The highest BCUT2D eigenvalue weighted by atomic mass is 32.1. The Morgan fingerprint density at radius 2 is 0.934 bits per heavy atom. The summed E-state index contributed by atoms with van der Waals surface area (Å²) in [5, 5.41) is 7.75. The van der Waals surface area contributed by atoms with Gasteiger partial charge in [0.15, 0.2) is 0 Å². The molecule has 0 saturated heterocycles. The summed E-state index contributed by atoms with van der Waals surface area (Å²) in [6, 6.07) is 65.8. The lowest BCUT2D eigenvalue weighted by Crippen LogP contribution is -2.15. The fourth-order valence-corrected chi connectivity index (χ4v) is 11.3. The summed E-state index contributed by atoms with van der Waals surface area (Å²) in [5.74, 6) is 0.488. The molecule has 0 spiro atoms. The Morgan fingerprint density at radius 3 is 1.52 bits per heavy atom. The first-order valence-electron chi connectivity index (χ1n) is 22.0. The van der Waals surface area contributed by atoms with E-state index in [2.05, 4.69) is 213 Å². The van der Waals surface area contributed by atoms with E-state index in [-0.39, 0.29) is 0 Å². The van der Waals surface area contributed by atoms with Gasteiger partial charge in [0, 0.05) is 53.1 Å². The van der Waals surface area contributed by atoms with Gasteiger partial charge in [0.2, 0.25) is 0 Å². The lowest BCUT2D eigenvalue weighted by Gasteiger charge is -2.28. The van der Waals surface area contributed by atoms with Crippen LogP contribution >= 0.6 is 11.3 Å². The van der Waals surface area contributed by atoms with Crippen LogP contribution in [0.25, 0.3) is 97.4 Å². The molecule has 0 fully saturated rings. The minimum Gasteiger partial charge on any atom is -0.309 e. The molecule has 2 nitrogen and oxygen atoms in total. The number of hydrogen-bond acceptors (Lipinski definition) is 1. The van der Waals surface area contributed by atoms with Crippen molar-refractivity contribution in [3.8, 4) is 33.6 Å². The minimum atomic E-state index is 0.330. The van der Waals surface area contributed by atoms with Crippen LogP contribution in [0.15, 0.2) is 176 Å². The largest absolute Gasteiger partial charge is 0.309 e. The number of thiophene rings is 1. The Bertz CT molecular complexity index is 3390. The Hall–Kier alpha value is -6.42. The number of aromatic nitrogens is 2. The monoisotopic (exact) mass is 806 g/mol. The van der Waals surface area contributed by atoms with E-state index in [1.165, 1.54) is 129 Å². The van der Waals surface area contributed by atoms with E-state index in [9.17, 15) is 0 Å². The van der Waals surface area contributed by atoms with E-state index in [1.54, 1.807) is 0 Å². The van der Waals surface area contributed by atoms with E-state index in [4.69, 9.17) is 0 Å². The topological polar surface area (TPSA) is 9.86 Å². The van der Waals surface area contributed by atoms with Crippen molar-refractivity contribution in [1.29, 1.82) is 0 Å². The summed E-state index contributed by atoms with van der Waals surface area (Å²) in [5.41, 5.74) is 14.0. The lowest BCUT2D eigenvalue weighted by atomic mass is 9.77. The number of nitrogens with zero attached hydrogens (tertiary/aromatic N) is 2. The van der Waals surface area contributed by atoms with Crippen LogP contribution in [0.2, 0.25) is 0 Å². The normalized spacial score (nSPS) is 12.8. The maximum absolute atomic E-state index is 2.47. The second-order valence-corrected chi connectivity index (χ2v) is 19.1. The van der Waals surface area contributed by atoms with Crippen LogP contribution in [0.3, 0.4) is 0 Å². The molecule has 11 rings (SSSR count). The molecule has 0 aliphatic carbocycles. The number of unbranched alkanes of at least 4 members (excludes halogenated alkanes) is 1. The molecule has 0 aliphatic rings. The molecule has 8 aromatic carbocycles. The van der Waals surface area contributed by atoms with Crippen molar-refractivity contribution in [2.75, 3.05) is 0 Å². The third kappa shape index (κ3) is 6.55. The smallest absolute Gasteiger partial charge is 0.0541 e. The van der Waals surface area contributed by atoms with E-state index in [1.807, 2.05) is 11.3 Å². The van der Waals surface area contributed by atoms with Crippen molar-refractivity contribution in [3.63, 3.8) is 0 Å². The molecule has 1 atom stereocenters. The van der Waals surface area contributed by atoms with Gasteiger partial charge in [-0.25, -0.2) is 0 Å². The second-order valence-electron chi connectivity index (χ2n) is 18.0. The van der Waals surface area contributed by atoms with Crippen LogP contribution in [0.5, 0.6) is 0 Å². The van der Waals surface area contributed by atoms with E-state index in [0.29, 0.717) is 11.3 Å². The van der Waals surface area contributed by atoms with E-state index < -0.39 is 0 Å². The molecule has 0 bridgehead atoms. The van der Waals surface area contributed by atoms with Crippen LogP contribution in [0.1, 0.15) is 64.9 Å². The average Bonchev–Trinajstić information content (AvgIpc) is 3.95. The Kier molecular flexibility index (Phi) is 9.20. The van der Waals surface area contributed by atoms with Crippen LogP contribution in [-0.4, -0.2) is 9.13 Å². The molecule has 11 aromatic rings. The van der Waals surface area contributed by atoms with Crippen LogP contribution in [0.4, 0.5) is 0 Å².